The number of fused-ring (bicyclic) bond motifs is 10. The fraction of sp³-hybridized carbons (Fsp3) is 0.551. The Bertz CT molecular complexity index is 1880. The van der Waals surface area contributed by atoms with E-state index in [9.17, 15) is 19.8 Å². The number of allylic oxidation sites excluding steroid dienone is 2. The summed E-state index contributed by atoms with van der Waals surface area (Å²) in [5, 5.41) is 27.5. The molecular formula is C49H64N2O4. The van der Waals surface area contributed by atoms with Crippen LogP contribution in [0.5, 0.6) is 0 Å². The van der Waals surface area contributed by atoms with Gasteiger partial charge in [0.1, 0.15) is 0 Å². The number of nitrogens with one attached hydrogen (secondary N) is 1. The molecule has 55 heavy (non-hydrogen) atoms. The monoisotopic (exact) mass is 744 g/mol. The van der Waals surface area contributed by atoms with Crippen LogP contribution in [0.3, 0.4) is 0 Å². The molecule has 4 saturated carbocycles. The van der Waals surface area contributed by atoms with Gasteiger partial charge < -0.3 is 20.4 Å². The molecule has 2 amide bonds. The van der Waals surface area contributed by atoms with E-state index in [2.05, 4.69) is 63.4 Å². The Morgan fingerprint density at radius 3 is 2.33 bits per heavy atom. The largest absolute Gasteiger partial charge is 0.393 e. The summed E-state index contributed by atoms with van der Waals surface area (Å²) < 4.78 is 0. The number of carbonyl (C=O) groups excluding carboxylic acids is 2. The molecule has 3 aromatic carbocycles. The first kappa shape index (κ1) is 39.5. The molecule has 9 rings (SSSR count). The molecular weight excluding hydrogens is 681 g/mol. The molecule has 0 saturated heterocycles. The third-order valence-electron chi connectivity index (χ3n) is 14.8. The zero-order chi connectivity index (χ0) is 39.1. The van der Waals surface area contributed by atoms with Crippen molar-refractivity contribution in [2.75, 3.05) is 13.1 Å². The lowest BCUT2D eigenvalue weighted by Gasteiger charge is -2.60. The zero-order valence-electron chi connectivity index (χ0n) is 34.1. The summed E-state index contributed by atoms with van der Waals surface area (Å²) in [4.78, 5) is 30.8. The van der Waals surface area contributed by atoms with Crippen molar-refractivity contribution in [1.82, 2.24) is 10.2 Å². The Balaban J connectivity index is 1.26. The van der Waals surface area contributed by atoms with Gasteiger partial charge in [0.2, 0.25) is 0 Å². The molecule has 0 radical (unpaired) electrons. The number of nitrogens with zero attached hydrogens (tertiary/aromatic N) is 1. The minimum absolute atomic E-state index is 0.0118. The molecule has 6 nitrogen and oxygen atoms in total. The first-order valence-corrected chi connectivity index (χ1v) is 21.1. The summed E-state index contributed by atoms with van der Waals surface area (Å²) in [6, 6.07) is 24.2. The van der Waals surface area contributed by atoms with Gasteiger partial charge in [0, 0.05) is 29.1 Å². The smallest absolute Gasteiger partial charge is 0.317 e. The molecule has 6 aliphatic rings. The number of aliphatic hydroxyl groups is 2. The Kier molecular flexibility index (Phi) is 11.2. The highest BCUT2D eigenvalue weighted by Gasteiger charge is 2.59. The molecule has 3 aromatic rings. The van der Waals surface area contributed by atoms with Crippen molar-refractivity contribution in [3.63, 3.8) is 0 Å². The van der Waals surface area contributed by atoms with Gasteiger partial charge in [-0.1, -0.05) is 99.2 Å². The van der Waals surface area contributed by atoms with Crippen LogP contribution in [-0.2, 0) is 6.42 Å². The van der Waals surface area contributed by atoms with Crippen LogP contribution in [-0.4, -0.2) is 57.8 Å². The highest BCUT2D eigenvalue weighted by Crippen LogP contribution is 2.62. The second-order valence-electron chi connectivity index (χ2n) is 18.9. The van der Waals surface area contributed by atoms with Gasteiger partial charge in [-0.25, -0.2) is 4.79 Å². The van der Waals surface area contributed by atoms with Gasteiger partial charge in [-0.05, 0) is 142 Å². The lowest BCUT2D eigenvalue weighted by Crippen LogP contribution is -2.59. The van der Waals surface area contributed by atoms with Gasteiger partial charge in [-0.15, -0.1) is 0 Å². The number of ketones is 1. The number of amides is 2. The van der Waals surface area contributed by atoms with Crippen LogP contribution < -0.4 is 5.32 Å². The summed E-state index contributed by atoms with van der Waals surface area (Å²) in [5.74, 6) is 1.65. The van der Waals surface area contributed by atoms with Gasteiger partial charge in [0.15, 0.2) is 5.78 Å². The minimum Gasteiger partial charge on any atom is -0.393 e. The van der Waals surface area contributed by atoms with Crippen molar-refractivity contribution in [3.05, 3.63) is 107 Å². The Labute approximate surface area is 329 Å². The number of hydrogen-bond donors (Lipinski definition) is 3. The summed E-state index contributed by atoms with van der Waals surface area (Å²) >= 11 is 0. The van der Waals surface area contributed by atoms with Crippen LogP contribution >= 0.6 is 0 Å². The van der Waals surface area contributed by atoms with E-state index in [-0.39, 0.29) is 30.3 Å². The normalized spacial score (nSPS) is 30.1. The van der Waals surface area contributed by atoms with E-state index >= 15 is 0 Å². The van der Waals surface area contributed by atoms with Gasteiger partial charge >= 0.3 is 6.03 Å². The van der Waals surface area contributed by atoms with Crippen LogP contribution in [0, 0.1) is 28.6 Å². The number of benzene rings is 3. The fourth-order valence-corrected chi connectivity index (χ4v) is 11.1. The Morgan fingerprint density at radius 2 is 1.64 bits per heavy atom. The van der Waals surface area contributed by atoms with Gasteiger partial charge in [-0.3, -0.25) is 4.79 Å². The number of carbonyl (C=O) groups is 2. The molecule has 0 aromatic heterocycles. The van der Waals surface area contributed by atoms with Crippen LogP contribution in [0.1, 0.15) is 132 Å². The molecule has 0 aliphatic heterocycles. The second-order valence-corrected chi connectivity index (χ2v) is 18.9. The zero-order valence-corrected chi connectivity index (χ0v) is 34.1. The van der Waals surface area contributed by atoms with Crippen LogP contribution in [0.15, 0.2) is 84.4 Å². The first-order valence-electron chi connectivity index (χ1n) is 21.1. The predicted molar refractivity (Wildman–Crippen MR) is 222 cm³/mol. The van der Waals surface area contributed by atoms with Crippen molar-refractivity contribution in [2.45, 2.75) is 129 Å². The van der Waals surface area contributed by atoms with E-state index < -0.39 is 17.1 Å². The van der Waals surface area contributed by atoms with Crippen molar-refractivity contribution < 1.29 is 19.8 Å². The lowest BCUT2D eigenvalue weighted by atomic mass is 9.45. The molecule has 6 aliphatic carbocycles. The van der Waals surface area contributed by atoms with Crippen LogP contribution in [0.25, 0.3) is 11.1 Å². The van der Waals surface area contributed by atoms with Gasteiger partial charge in [0.05, 0.1) is 18.2 Å². The lowest BCUT2D eigenvalue weighted by molar-refractivity contribution is -0.117. The van der Waals surface area contributed by atoms with Crippen molar-refractivity contribution in [2.24, 2.45) is 28.6 Å². The van der Waals surface area contributed by atoms with Crippen molar-refractivity contribution in [1.29, 1.82) is 0 Å². The van der Waals surface area contributed by atoms with Crippen LogP contribution in [0.2, 0.25) is 0 Å². The van der Waals surface area contributed by atoms with E-state index in [4.69, 9.17) is 0 Å². The third kappa shape index (κ3) is 7.83. The van der Waals surface area contributed by atoms with E-state index in [1.807, 2.05) is 67.3 Å². The summed E-state index contributed by atoms with van der Waals surface area (Å²) in [6.07, 6.45) is 10.0. The maximum absolute atomic E-state index is 14.7. The van der Waals surface area contributed by atoms with Gasteiger partial charge in [0.25, 0.3) is 0 Å². The third-order valence-corrected chi connectivity index (χ3v) is 14.8. The Hall–Kier alpha value is -3.74. The average Bonchev–Trinajstić information content (AvgIpc) is 3.41. The number of hydrogen-bond acceptors (Lipinski definition) is 4. The summed E-state index contributed by atoms with van der Waals surface area (Å²) in [5.41, 5.74) is 5.10. The summed E-state index contributed by atoms with van der Waals surface area (Å²) in [7, 11) is 0. The predicted octanol–water partition coefficient (Wildman–Crippen LogP) is 10.1. The SMILES string of the molecule is CC1=CCCC2(C)C(CCC2(O)CN(CC2CCC3CC2C3(C)C)C(=O)NC(C)C)c2ccc(cc2C(=O)c2ccc(-c3ccccc3)cc2)CC(O)CC1. The number of urea groups is 1. The quantitative estimate of drug-likeness (QED) is 0.158. The highest BCUT2D eigenvalue weighted by atomic mass is 16.3. The number of rotatable bonds is 8. The van der Waals surface area contributed by atoms with Crippen molar-refractivity contribution >= 4 is 11.8 Å². The topological polar surface area (TPSA) is 89.9 Å². The Morgan fingerprint density at radius 1 is 0.909 bits per heavy atom. The minimum atomic E-state index is -1.16. The standard InChI is InChI=1S/C49H64N2O4/c1-32(2)50-46(54)51(30-38-20-21-39-29-44(38)47(39,4)5)31-49(55)26-24-43-41-23-15-34(27-40(52)22-14-33(3)11-10-25-48(43,49)6)28-42(41)45(53)37-18-16-36(17-19-37)35-12-8-7-9-13-35/h7-9,11-13,15-19,23,28,32,38-40,43-44,52,55H,10,14,20-22,24-27,29-31H2,1-6H3,(H,50,54). The molecule has 7 unspecified atom stereocenters. The molecule has 294 valence electrons. The van der Waals surface area contributed by atoms with Crippen molar-refractivity contribution in [3.8, 4) is 11.1 Å². The van der Waals surface area contributed by atoms with E-state index in [0.29, 0.717) is 60.6 Å². The molecule has 4 bridgehead atoms. The molecule has 3 N–H and O–H groups in total. The van der Waals surface area contributed by atoms with E-state index in [1.165, 1.54) is 18.4 Å². The van der Waals surface area contributed by atoms with E-state index in [0.717, 1.165) is 53.9 Å². The molecule has 6 heteroatoms. The molecule has 4 fully saturated rings. The molecule has 7 atom stereocenters. The maximum Gasteiger partial charge on any atom is 0.317 e. The highest BCUT2D eigenvalue weighted by molar-refractivity contribution is 6.10. The molecule has 0 heterocycles. The maximum atomic E-state index is 14.7. The fourth-order valence-electron chi connectivity index (χ4n) is 11.1. The van der Waals surface area contributed by atoms with Gasteiger partial charge in [-0.2, -0.15) is 0 Å². The average molecular weight is 745 g/mol. The first-order chi connectivity index (χ1) is 26.2. The molecule has 0 spiro atoms. The summed E-state index contributed by atoms with van der Waals surface area (Å²) in [6.45, 7) is 14.1. The van der Waals surface area contributed by atoms with Crippen LogP contribution in [0.4, 0.5) is 4.79 Å². The second kappa shape index (κ2) is 15.7. The number of aliphatic hydroxyl groups excluding tert-OH is 1. The van der Waals surface area contributed by atoms with E-state index in [1.54, 1.807) is 0 Å².